The van der Waals surface area contributed by atoms with Gasteiger partial charge in [0.25, 0.3) is 0 Å². The predicted molar refractivity (Wildman–Crippen MR) is 103 cm³/mol. The lowest BCUT2D eigenvalue weighted by atomic mass is 9.88. The van der Waals surface area contributed by atoms with Crippen molar-refractivity contribution in [1.82, 2.24) is 9.80 Å². The molecule has 1 unspecified atom stereocenters. The zero-order valence-electron chi connectivity index (χ0n) is 15.6. The Kier molecular flexibility index (Phi) is 4.94. The second-order valence-electron chi connectivity index (χ2n) is 7.14. The normalized spacial score (nSPS) is 19.8. The van der Waals surface area contributed by atoms with E-state index in [4.69, 9.17) is 4.74 Å². The molecule has 27 heavy (non-hydrogen) atoms. The van der Waals surface area contributed by atoms with Crippen LogP contribution in [0.25, 0.3) is 0 Å². The Morgan fingerprint density at radius 2 is 1.96 bits per heavy atom. The van der Waals surface area contributed by atoms with Gasteiger partial charge in [-0.25, -0.2) is 0 Å². The zero-order valence-corrected chi connectivity index (χ0v) is 15.6. The Morgan fingerprint density at radius 1 is 1.11 bits per heavy atom. The van der Waals surface area contributed by atoms with Crippen LogP contribution in [-0.4, -0.2) is 48.4 Å². The van der Waals surface area contributed by atoms with Gasteiger partial charge < -0.3 is 4.74 Å². The number of imide groups is 1. The smallest absolute Gasteiger partial charge is 0.243 e. The largest absolute Gasteiger partial charge is 0.497 e. The average Bonchev–Trinajstić information content (AvgIpc) is 3.14. The number of carbonyl (C=O) groups excluding carboxylic acids is 2. The molecule has 1 atom stereocenters. The number of rotatable bonds is 4. The fourth-order valence-electron chi connectivity index (χ4n) is 4.16. The number of nitrogens with zero attached hydrogens (tertiary/aromatic N) is 2. The summed E-state index contributed by atoms with van der Waals surface area (Å²) in [7, 11) is 1.66. The highest BCUT2D eigenvalue weighted by Crippen LogP contribution is 2.36. The van der Waals surface area contributed by atoms with E-state index < -0.39 is 0 Å². The molecule has 0 aliphatic carbocycles. The van der Waals surface area contributed by atoms with Gasteiger partial charge >= 0.3 is 0 Å². The van der Waals surface area contributed by atoms with E-state index in [1.54, 1.807) is 7.11 Å². The highest BCUT2D eigenvalue weighted by Gasteiger charge is 2.33. The summed E-state index contributed by atoms with van der Waals surface area (Å²) in [5.74, 6) is 0.664. The van der Waals surface area contributed by atoms with Gasteiger partial charge in [-0.15, -0.1) is 0 Å². The summed E-state index contributed by atoms with van der Waals surface area (Å²) < 4.78 is 5.41. The maximum atomic E-state index is 12.8. The molecule has 4 rings (SSSR count). The minimum absolute atomic E-state index is 0.0216. The van der Waals surface area contributed by atoms with Crippen molar-refractivity contribution >= 4 is 11.8 Å². The highest BCUT2D eigenvalue weighted by atomic mass is 16.5. The Labute approximate surface area is 159 Å². The van der Waals surface area contributed by atoms with Crippen molar-refractivity contribution in [2.24, 2.45) is 0 Å². The third kappa shape index (κ3) is 3.47. The first-order chi connectivity index (χ1) is 13.2. The van der Waals surface area contributed by atoms with Crippen LogP contribution in [0.1, 0.15) is 35.6 Å². The fraction of sp³-hybridized carbons (Fsp3) is 0.364. The molecule has 0 aromatic heterocycles. The lowest BCUT2D eigenvalue weighted by Gasteiger charge is -2.38. The topological polar surface area (TPSA) is 49.9 Å². The van der Waals surface area contributed by atoms with E-state index in [2.05, 4.69) is 29.2 Å². The summed E-state index contributed by atoms with van der Waals surface area (Å²) in [6, 6.07) is 16.4. The Bertz CT molecular complexity index is 864. The van der Waals surface area contributed by atoms with Crippen LogP contribution in [0.2, 0.25) is 0 Å². The first-order valence-electron chi connectivity index (χ1n) is 9.46. The van der Waals surface area contributed by atoms with Crippen LogP contribution in [0.15, 0.2) is 48.5 Å². The maximum absolute atomic E-state index is 12.8. The molecule has 2 aromatic carbocycles. The van der Waals surface area contributed by atoms with Crippen LogP contribution in [0, 0.1) is 0 Å². The van der Waals surface area contributed by atoms with Gasteiger partial charge in [0.2, 0.25) is 11.8 Å². The molecule has 0 spiro atoms. The SMILES string of the molecule is COc1cccc(C2c3ccccc3CCN2CC(=O)N2CCCC2=O)c1. The number of ether oxygens (including phenoxy) is 1. The molecule has 1 fully saturated rings. The van der Waals surface area contributed by atoms with Gasteiger partial charge in [0, 0.05) is 19.5 Å². The van der Waals surface area contributed by atoms with Gasteiger partial charge in [0.1, 0.15) is 5.75 Å². The summed E-state index contributed by atoms with van der Waals surface area (Å²) >= 11 is 0. The van der Waals surface area contributed by atoms with Crippen LogP contribution in [0.3, 0.4) is 0 Å². The highest BCUT2D eigenvalue weighted by molar-refractivity contribution is 5.97. The average molecular weight is 364 g/mol. The molecule has 1 saturated heterocycles. The molecule has 5 nitrogen and oxygen atoms in total. The Morgan fingerprint density at radius 3 is 2.74 bits per heavy atom. The van der Waals surface area contributed by atoms with E-state index in [1.165, 1.54) is 16.0 Å². The van der Waals surface area contributed by atoms with Gasteiger partial charge in [0.15, 0.2) is 0 Å². The van der Waals surface area contributed by atoms with E-state index in [0.717, 1.165) is 30.7 Å². The van der Waals surface area contributed by atoms with Crippen LogP contribution in [0.5, 0.6) is 5.75 Å². The van der Waals surface area contributed by atoms with E-state index in [0.29, 0.717) is 13.0 Å². The van der Waals surface area contributed by atoms with Crippen molar-refractivity contribution in [3.8, 4) is 5.75 Å². The monoisotopic (exact) mass is 364 g/mol. The third-order valence-electron chi connectivity index (χ3n) is 5.51. The van der Waals surface area contributed by atoms with Crippen molar-refractivity contribution < 1.29 is 14.3 Å². The van der Waals surface area contributed by atoms with E-state index in [9.17, 15) is 9.59 Å². The molecule has 5 heteroatoms. The van der Waals surface area contributed by atoms with Gasteiger partial charge in [-0.2, -0.15) is 0 Å². The van der Waals surface area contributed by atoms with E-state index in [1.807, 2.05) is 24.3 Å². The first-order valence-corrected chi connectivity index (χ1v) is 9.46. The Balaban J connectivity index is 1.67. The second kappa shape index (κ2) is 7.53. The quantitative estimate of drug-likeness (QED) is 0.837. The number of likely N-dealkylation sites (tertiary alicyclic amines) is 1. The number of benzene rings is 2. The van der Waals surface area contributed by atoms with Crippen molar-refractivity contribution in [2.75, 3.05) is 26.7 Å². The van der Waals surface area contributed by atoms with Crippen molar-refractivity contribution in [3.05, 3.63) is 65.2 Å². The van der Waals surface area contributed by atoms with Gasteiger partial charge in [-0.1, -0.05) is 36.4 Å². The van der Waals surface area contributed by atoms with Crippen LogP contribution < -0.4 is 4.74 Å². The van der Waals surface area contributed by atoms with Crippen molar-refractivity contribution in [2.45, 2.75) is 25.3 Å². The number of methoxy groups -OCH3 is 1. The number of fused-ring (bicyclic) bond motifs is 1. The van der Waals surface area contributed by atoms with E-state index in [-0.39, 0.29) is 24.4 Å². The summed E-state index contributed by atoms with van der Waals surface area (Å²) in [5, 5.41) is 0. The first kappa shape index (κ1) is 17.7. The van der Waals surface area contributed by atoms with Gasteiger partial charge in [-0.3, -0.25) is 19.4 Å². The predicted octanol–water partition coefficient (Wildman–Crippen LogP) is 2.79. The van der Waals surface area contributed by atoms with Crippen LogP contribution >= 0.6 is 0 Å². The molecular weight excluding hydrogens is 340 g/mol. The van der Waals surface area contributed by atoms with Crippen LogP contribution in [-0.2, 0) is 16.0 Å². The van der Waals surface area contributed by atoms with Gasteiger partial charge in [0.05, 0.1) is 19.7 Å². The summed E-state index contributed by atoms with van der Waals surface area (Å²) in [5.41, 5.74) is 3.63. The molecule has 2 aliphatic rings. The van der Waals surface area contributed by atoms with Crippen molar-refractivity contribution in [1.29, 1.82) is 0 Å². The molecular formula is C22H24N2O3. The molecule has 0 radical (unpaired) electrons. The molecule has 0 saturated carbocycles. The number of amides is 2. The fourth-order valence-corrected chi connectivity index (χ4v) is 4.16. The molecule has 0 N–H and O–H groups in total. The standard InChI is InChI=1S/C22H24N2O3/c1-27-18-8-4-7-17(14-18)22-19-9-3-2-6-16(19)11-13-23(22)15-21(26)24-12-5-10-20(24)25/h2-4,6-9,14,22H,5,10-13,15H2,1H3. The minimum Gasteiger partial charge on any atom is -0.497 e. The zero-order chi connectivity index (χ0) is 18.8. The Hall–Kier alpha value is -2.66. The number of hydrogen-bond acceptors (Lipinski definition) is 4. The summed E-state index contributed by atoms with van der Waals surface area (Å²) in [6.45, 7) is 1.58. The maximum Gasteiger partial charge on any atom is 0.243 e. The number of carbonyl (C=O) groups is 2. The molecule has 2 aromatic rings. The number of hydrogen-bond donors (Lipinski definition) is 0. The van der Waals surface area contributed by atoms with E-state index >= 15 is 0 Å². The summed E-state index contributed by atoms with van der Waals surface area (Å²) in [6.07, 6.45) is 2.15. The molecule has 2 heterocycles. The van der Waals surface area contributed by atoms with Crippen LogP contribution in [0.4, 0.5) is 0 Å². The van der Waals surface area contributed by atoms with Crippen molar-refractivity contribution in [3.63, 3.8) is 0 Å². The third-order valence-corrected chi connectivity index (χ3v) is 5.51. The lowest BCUT2D eigenvalue weighted by Crippen LogP contribution is -2.45. The minimum atomic E-state index is -0.0928. The summed E-state index contributed by atoms with van der Waals surface area (Å²) in [4.78, 5) is 28.3. The lowest BCUT2D eigenvalue weighted by molar-refractivity contribution is -0.142. The second-order valence-corrected chi connectivity index (χ2v) is 7.14. The van der Waals surface area contributed by atoms with Gasteiger partial charge in [-0.05, 0) is 41.7 Å². The molecule has 0 bridgehead atoms. The molecule has 2 aliphatic heterocycles. The molecule has 2 amide bonds. The molecule has 140 valence electrons.